The quantitative estimate of drug-likeness (QED) is 0.868. The third-order valence-corrected chi connectivity index (χ3v) is 3.70. The molecule has 0 saturated heterocycles. The van der Waals surface area contributed by atoms with Crippen molar-refractivity contribution in [2.24, 2.45) is 0 Å². The van der Waals surface area contributed by atoms with Gasteiger partial charge in [-0.1, -0.05) is 17.7 Å². The molecular formula is C18H20N2O5. The second-order valence-electron chi connectivity index (χ2n) is 5.95. The summed E-state index contributed by atoms with van der Waals surface area (Å²) in [6, 6.07) is 6.40. The van der Waals surface area contributed by atoms with E-state index in [-0.39, 0.29) is 24.0 Å². The normalized spacial score (nSPS) is 10.4. The summed E-state index contributed by atoms with van der Waals surface area (Å²) in [6.07, 6.45) is 0. The number of hydrogen-bond acceptors (Lipinski definition) is 4. The van der Waals surface area contributed by atoms with E-state index in [1.54, 1.807) is 0 Å². The lowest BCUT2D eigenvalue weighted by atomic mass is 10.1. The highest BCUT2D eigenvalue weighted by molar-refractivity contribution is 5.99. The zero-order chi connectivity index (χ0) is 18.7. The van der Waals surface area contributed by atoms with E-state index in [4.69, 9.17) is 9.52 Å². The lowest BCUT2D eigenvalue weighted by Crippen LogP contribution is -2.35. The summed E-state index contributed by atoms with van der Waals surface area (Å²) in [7, 11) is 1.44. The Labute approximate surface area is 145 Å². The van der Waals surface area contributed by atoms with Gasteiger partial charge in [-0.3, -0.25) is 9.59 Å². The van der Waals surface area contributed by atoms with Crippen molar-refractivity contribution in [3.63, 3.8) is 0 Å². The van der Waals surface area contributed by atoms with E-state index in [9.17, 15) is 14.4 Å². The Morgan fingerprint density at radius 1 is 1.08 bits per heavy atom. The van der Waals surface area contributed by atoms with Gasteiger partial charge < -0.3 is 19.7 Å². The first kappa shape index (κ1) is 18.3. The minimum atomic E-state index is -1.26. The Bertz CT molecular complexity index is 815. The van der Waals surface area contributed by atoms with Gasteiger partial charge in [-0.15, -0.1) is 0 Å². The lowest BCUT2D eigenvalue weighted by molar-refractivity contribution is -0.116. The van der Waals surface area contributed by atoms with Gasteiger partial charge in [0.05, 0.1) is 6.54 Å². The van der Waals surface area contributed by atoms with E-state index in [1.165, 1.54) is 24.1 Å². The highest BCUT2D eigenvalue weighted by Gasteiger charge is 2.20. The molecule has 0 aliphatic carbocycles. The van der Waals surface area contributed by atoms with E-state index < -0.39 is 11.9 Å². The number of aromatic carboxylic acids is 1. The molecule has 0 radical (unpaired) electrons. The number of rotatable bonds is 5. The number of carboxylic acid groups (broad SMARTS) is 1. The number of amides is 2. The Morgan fingerprint density at radius 3 is 2.16 bits per heavy atom. The van der Waals surface area contributed by atoms with Crippen LogP contribution in [0.4, 0.5) is 5.69 Å². The van der Waals surface area contributed by atoms with Crippen molar-refractivity contribution in [3.8, 4) is 0 Å². The minimum absolute atomic E-state index is 0.129. The molecule has 0 aliphatic heterocycles. The second kappa shape index (κ2) is 7.21. The van der Waals surface area contributed by atoms with Crippen LogP contribution in [0.15, 0.2) is 28.7 Å². The molecule has 2 N–H and O–H groups in total. The fourth-order valence-electron chi connectivity index (χ4n) is 2.60. The largest absolute Gasteiger partial charge is 0.475 e. The molecule has 0 spiro atoms. The van der Waals surface area contributed by atoms with Gasteiger partial charge in [0.1, 0.15) is 0 Å². The van der Waals surface area contributed by atoms with E-state index in [0.29, 0.717) is 0 Å². The maximum atomic E-state index is 12.2. The number of aryl methyl sites for hydroxylation is 3. The zero-order valence-corrected chi connectivity index (χ0v) is 14.5. The molecule has 0 saturated carbocycles. The number of hydrogen-bond donors (Lipinski definition) is 2. The van der Waals surface area contributed by atoms with Crippen LogP contribution in [0.25, 0.3) is 0 Å². The van der Waals surface area contributed by atoms with Crippen LogP contribution < -0.4 is 5.32 Å². The van der Waals surface area contributed by atoms with Crippen LogP contribution in [0.3, 0.4) is 0 Å². The fraction of sp³-hybridized carbons (Fsp3) is 0.278. The summed E-state index contributed by atoms with van der Waals surface area (Å²) >= 11 is 0. The number of nitrogens with zero attached hydrogens (tertiary/aromatic N) is 1. The maximum absolute atomic E-state index is 12.2. The molecule has 2 rings (SSSR count). The van der Waals surface area contributed by atoms with Gasteiger partial charge in [-0.25, -0.2) is 4.79 Å². The molecule has 1 aromatic heterocycles. The molecule has 2 aromatic rings. The van der Waals surface area contributed by atoms with Gasteiger partial charge in [0.15, 0.2) is 5.76 Å². The van der Waals surface area contributed by atoms with E-state index in [0.717, 1.165) is 22.4 Å². The molecule has 2 amide bonds. The molecule has 7 nitrogen and oxygen atoms in total. The Hall–Kier alpha value is -3.09. The number of likely N-dealkylation sites (N-methyl/N-ethyl adjacent to an activating group) is 1. The lowest BCUT2D eigenvalue weighted by Gasteiger charge is -2.17. The predicted molar refractivity (Wildman–Crippen MR) is 91.9 cm³/mol. The zero-order valence-electron chi connectivity index (χ0n) is 14.5. The number of carboxylic acids is 1. The molecule has 0 bridgehead atoms. The van der Waals surface area contributed by atoms with Gasteiger partial charge >= 0.3 is 5.97 Å². The van der Waals surface area contributed by atoms with Crippen molar-refractivity contribution in [3.05, 3.63) is 52.5 Å². The van der Waals surface area contributed by atoms with Gasteiger partial charge in [0, 0.05) is 12.7 Å². The van der Waals surface area contributed by atoms with Crippen molar-refractivity contribution in [2.75, 3.05) is 18.9 Å². The van der Waals surface area contributed by atoms with Crippen LogP contribution in [0.5, 0.6) is 0 Å². The number of carbonyl (C=O) groups excluding carboxylic acids is 2. The number of benzene rings is 1. The average Bonchev–Trinajstić information content (AvgIpc) is 3.00. The maximum Gasteiger partial charge on any atom is 0.371 e. The van der Waals surface area contributed by atoms with Crippen LogP contribution in [0, 0.1) is 20.8 Å². The standard InChI is InChI=1S/C18H20N2O5/c1-10-7-11(2)16(12(3)8-10)19-15(21)9-20(4)17(22)13-5-6-14(25-13)18(23)24/h5-8H,9H2,1-4H3,(H,19,21)(H,23,24). The van der Waals surface area contributed by atoms with Gasteiger partial charge in [-0.2, -0.15) is 0 Å². The molecule has 132 valence electrons. The minimum Gasteiger partial charge on any atom is -0.475 e. The first-order chi connectivity index (χ1) is 11.7. The molecule has 0 unspecified atom stereocenters. The molecule has 7 heteroatoms. The highest BCUT2D eigenvalue weighted by atomic mass is 16.4. The van der Waals surface area contributed by atoms with Crippen LogP contribution in [0.2, 0.25) is 0 Å². The summed E-state index contributed by atoms with van der Waals surface area (Å²) < 4.78 is 4.96. The summed E-state index contributed by atoms with van der Waals surface area (Å²) in [5.41, 5.74) is 3.71. The first-order valence-corrected chi connectivity index (χ1v) is 7.65. The number of nitrogens with one attached hydrogen (secondary N) is 1. The van der Waals surface area contributed by atoms with E-state index >= 15 is 0 Å². The summed E-state index contributed by atoms with van der Waals surface area (Å²) in [5, 5.41) is 11.6. The van der Waals surface area contributed by atoms with Crippen molar-refractivity contribution < 1.29 is 23.9 Å². The van der Waals surface area contributed by atoms with E-state index in [1.807, 2.05) is 32.9 Å². The average molecular weight is 344 g/mol. The molecule has 25 heavy (non-hydrogen) atoms. The first-order valence-electron chi connectivity index (χ1n) is 7.65. The third kappa shape index (κ3) is 4.26. The summed E-state index contributed by atoms with van der Waals surface area (Å²) in [4.78, 5) is 36.4. The molecule has 0 fully saturated rings. The molecule has 1 aromatic carbocycles. The highest BCUT2D eigenvalue weighted by Crippen LogP contribution is 2.21. The molecule has 0 aliphatic rings. The number of carbonyl (C=O) groups is 3. The van der Waals surface area contributed by atoms with Gasteiger partial charge in [0.25, 0.3) is 5.91 Å². The van der Waals surface area contributed by atoms with Crippen molar-refractivity contribution >= 4 is 23.5 Å². The van der Waals surface area contributed by atoms with Gasteiger partial charge in [-0.05, 0) is 44.0 Å². The molecule has 0 atom stereocenters. The SMILES string of the molecule is Cc1cc(C)c(NC(=O)CN(C)C(=O)c2ccc(C(=O)O)o2)c(C)c1. The van der Waals surface area contributed by atoms with Crippen molar-refractivity contribution in [2.45, 2.75) is 20.8 Å². The summed E-state index contributed by atoms with van der Waals surface area (Å²) in [6.45, 7) is 5.60. The number of furan rings is 1. The van der Waals surface area contributed by atoms with E-state index in [2.05, 4.69) is 5.32 Å². The van der Waals surface area contributed by atoms with Gasteiger partial charge in [0.2, 0.25) is 11.7 Å². The topological polar surface area (TPSA) is 99.9 Å². The predicted octanol–water partition coefficient (Wildman–Crippen LogP) is 2.61. The Balaban J connectivity index is 2.04. The fourth-order valence-corrected chi connectivity index (χ4v) is 2.60. The van der Waals surface area contributed by atoms with Crippen LogP contribution in [0.1, 0.15) is 37.8 Å². The van der Waals surface area contributed by atoms with Crippen LogP contribution in [-0.2, 0) is 4.79 Å². The number of anilines is 1. The Kier molecular flexibility index (Phi) is 5.26. The third-order valence-electron chi connectivity index (χ3n) is 3.70. The smallest absolute Gasteiger partial charge is 0.371 e. The van der Waals surface area contributed by atoms with Crippen LogP contribution >= 0.6 is 0 Å². The van der Waals surface area contributed by atoms with Crippen molar-refractivity contribution in [1.82, 2.24) is 4.90 Å². The Morgan fingerprint density at radius 2 is 1.64 bits per heavy atom. The second-order valence-corrected chi connectivity index (χ2v) is 5.95. The monoisotopic (exact) mass is 344 g/mol. The van der Waals surface area contributed by atoms with Crippen LogP contribution in [-0.4, -0.2) is 41.4 Å². The molecular weight excluding hydrogens is 324 g/mol. The summed E-state index contributed by atoms with van der Waals surface area (Å²) in [5.74, 6) is -2.64. The molecule has 1 heterocycles. The van der Waals surface area contributed by atoms with Crippen molar-refractivity contribution in [1.29, 1.82) is 0 Å².